The first-order chi connectivity index (χ1) is 8.59. The van der Waals surface area contributed by atoms with Crippen LogP contribution in [-0.2, 0) is 4.79 Å². The molecule has 18 heavy (non-hydrogen) atoms. The number of nitrogens with one attached hydrogen (secondary N) is 2. The van der Waals surface area contributed by atoms with Gasteiger partial charge < -0.3 is 10.6 Å². The number of hydrogen-bond donors (Lipinski definition) is 2. The SMILES string of the molecule is CC(C)C(=O)NCCCCNc1ccc(F)cc1. The lowest BCUT2D eigenvalue weighted by molar-refractivity contribution is -0.123. The van der Waals surface area contributed by atoms with Gasteiger partial charge >= 0.3 is 0 Å². The second kappa shape index (κ2) is 7.69. The average Bonchev–Trinajstić information content (AvgIpc) is 2.35. The summed E-state index contributed by atoms with van der Waals surface area (Å²) in [5.74, 6) is -0.0826. The van der Waals surface area contributed by atoms with E-state index in [1.807, 2.05) is 13.8 Å². The lowest BCUT2D eigenvalue weighted by Crippen LogP contribution is -2.28. The maximum Gasteiger partial charge on any atom is 0.222 e. The normalized spacial score (nSPS) is 10.4. The Morgan fingerprint density at radius 3 is 2.39 bits per heavy atom. The molecule has 0 aliphatic heterocycles. The fourth-order valence-corrected chi connectivity index (χ4v) is 1.47. The van der Waals surface area contributed by atoms with Crippen molar-refractivity contribution in [2.75, 3.05) is 18.4 Å². The molecule has 1 rings (SSSR count). The zero-order valence-electron chi connectivity index (χ0n) is 11.0. The molecule has 0 saturated carbocycles. The van der Waals surface area contributed by atoms with Crippen molar-refractivity contribution >= 4 is 11.6 Å². The largest absolute Gasteiger partial charge is 0.385 e. The zero-order chi connectivity index (χ0) is 13.4. The van der Waals surface area contributed by atoms with Crippen molar-refractivity contribution in [1.29, 1.82) is 0 Å². The summed E-state index contributed by atoms with van der Waals surface area (Å²) in [5, 5.41) is 6.08. The fraction of sp³-hybridized carbons (Fsp3) is 0.500. The summed E-state index contributed by atoms with van der Waals surface area (Å²) in [7, 11) is 0. The molecule has 0 fully saturated rings. The molecule has 3 nitrogen and oxygen atoms in total. The molecule has 0 radical (unpaired) electrons. The number of unbranched alkanes of at least 4 members (excludes halogenated alkanes) is 1. The van der Waals surface area contributed by atoms with Crippen LogP contribution in [0.2, 0.25) is 0 Å². The summed E-state index contributed by atoms with van der Waals surface area (Å²) < 4.78 is 12.6. The quantitative estimate of drug-likeness (QED) is 0.733. The number of hydrogen-bond acceptors (Lipinski definition) is 2. The second-order valence-electron chi connectivity index (χ2n) is 4.59. The maximum absolute atomic E-state index is 12.6. The Labute approximate surface area is 108 Å². The molecule has 1 amide bonds. The number of anilines is 1. The lowest BCUT2D eigenvalue weighted by Gasteiger charge is -2.08. The topological polar surface area (TPSA) is 41.1 Å². The van der Waals surface area contributed by atoms with Gasteiger partial charge in [0.15, 0.2) is 0 Å². The summed E-state index contributed by atoms with van der Waals surface area (Å²) in [5.41, 5.74) is 0.919. The van der Waals surface area contributed by atoms with E-state index in [2.05, 4.69) is 10.6 Å². The first-order valence-electron chi connectivity index (χ1n) is 6.36. The summed E-state index contributed by atoms with van der Waals surface area (Å²) in [6.45, 7) is 5.29. The van der Waals surface area contributed by atoms with Crippen LogP contribution in [0.25, 0.3) is 0 Å². The van der Waals surface area contributed by atoms with Gasteiger partial charge in [-0.15, -0.1) is 0 Å². The standard InChI is InChI=1S/C14H21FN2O/c1-11(2)14(18)17-10-4-3-9-16-13-7-5-12(15)6-8-13/h5-8,11,16H,3-4,9-10H2,1-2H3,(H,17,18). The third-order valence-electron chi connectivity index (χ3n) is 2.60. The second-order valence-corrected chi connectivity index (χ2v) is 4.59. The van der Waals surface area contributed by atoms with Gasteiger partial charge in [-0.1, -0.05) is 13.8 Å². The van der Waals surface area contributed by atoms with Crippen LogP contribution in [0.3, 0.4) is 0 Å². The molecule has 0 aliphatic rings. The lowest BCUT2D eigenvalue weighted by atomic mass is 10.2. The number of carbonyl (C=O) groups is 1. The van der Waals surface area contributed by atoms with E-state index < -0.39 is 0 Å². The summed E-state index contributed by atoms with van der Waals surface area (Å²) in [6, 6.07) is 6.31. The van der Waals surface area contributed by atoms with Gasteiger partial charge in [0, 0.05) is 24.7 Å². The Hall–Kier alpha value is -1.58. The highest BCUT2D eigenvalue weighted by Gasteiger charge is 2.04. The van der Waals surface area contributed by atoms with Crippen molar-refractivity contribution in [2.45, 2.75) is 26.7 Å². The molecule has 0 spiro atoms. The molecule has 100 valence electrons. The molecule has 0 aromatic heterocycles. The number of amides is 1. The van der Waals surface area contributed by atoms with Crippen molar-refractivity contribution in [3.8, 4) is 0 Å². The Balaban J connectivity index is 2.05. The minimum absolute atomic E-state index is 0.0438. The van der Waals surface area contributed by atoms with E-state index in [4.69, 9.17) is 0 Å². The van der Waals surface area contributed by atoms with Crippen molar-refractivity contribution in [1.82, 2.24) is 5.32 Å². The summed E-state index contributed by atoms with van der Waals surface area (Å²) in [4.78, 5) is 11.3. The average molecular weight is 252 g/mol. The third kappa shape index (κ3) is 5.66. The summed E-state index contributed by atoms with van der Waals surface area (Å²) >= 11 is 0. The molecule has 1 aromatic rings. The molecule has 4 heteroatoms. The van der Waals surface area contributed by atoms with Gasteiger partial charge in [0.1, 0.15) is 5.82 Å². The van der Waals surface area contributed by atoms with Crippen LogP contribution >= 0.6 is 0 Å². The number of halogens is 1. The van der Waals surface area contributed by atoms with E-state index in [1.165, 1.54) is 12.1 Å². The van der Waals surface area contributed by atoms with Gasteiger partial charge in [0.05, 0.1) is 0 Å². The molecule has 0 aliphatic carbocycles. The predicted molar refractivity (Wildman–Crippen MR) is 72.0 cm³/mol. The van der Waals surface area contributed by atoms with Gasteiger partial charge in [0.25, 0.3) is 0 Å². The molecule has 0 atom stereocenters. The van der Waals surface area contributed by atoms with Crippen LogP contribution < -0.4 is 10.6 Å². The minimum atomic E-state index is -0.225. The van der Waals surface area contributed by atoms with Gasteiger partial charge in [-0.3, -0.25) is 4.79 Å². The smallest absolute Gasteiger partial charge is 0.222 e. The van der Waals surface area contributed by atoms with Crippen LogP contribution in [0.1, 0.15) is 26.7 Å². The molecular formula is C14H21FN2O. The molecule has 1 aromatic carbocycles. The zero-order valence-corrected chi connectivity index (χ0v) is 11.0. The van der Waals surface area contributed by atoms with E-state index in [0.717, 1.165) is 25.1 Å². The third-order valence-corrected chi connectivity index (χ3v) is 2.60. The Morgan fingerprint density at radius 2 is 1.78 bits per heavy atom. The van der Waals surface area contributed by atoms with E-state index in [1.54, 1.807) is 12.1 Å². The van der Waals surface area contributed by atoms with Gasteiger partial charge in [-0.25, -0.2) is 4.39 Å². The molecular weight excluding hydrogens is 231 g/mol. The number of carbonyl (C=O) groups excluding carboxylic acids is 1. The van der Waals surface area contributed by atoms with Gasteiger partial charge in [0.2, 0.25) is 5.91 Å². The first kappa shape index (κ1) is 14.5. The highest BCUT2D eigenvalue weighted by Crippen LogP contribution is 2.08. The predicted octanol–water partition coefficient (Wildman–Crippen LogP) is 2.79. The fourth-order valence-electron chi connectivity index (χ4n) is 1.47. The Kier molecular flexibility index (Phi) is 6.19. The van der Waals surface area contributed by atoms with E-state index >= 15 is 0 Å². The molecule has 0 heterocycles. The van der Waals surface area contributed by atoms with Gasteiger partial charge in [-0.05, 0) is 37.1 Å². The highest BCUT2D eigenvalue weighted by molar-refractivity contribution is 5.77. The monoisotopic (exact) mass is 252 g/mol. The molecule has 0 saturated heterocycles. The van der Waals surface area contributed by atoms with E-state index in [-0.39, 0.29) is 17.6 Å². The Bertz CT molecular complexity index is 363. The Morgan fingerprint density at radius 1 is 1.17 bits per heavy atom. The molecule has 0 unspecified atom stereocenters. The van der Waals surface area contributed by atoms with Crippen LogP contribution in [-0.4, -0.2) is 19.0 Å². The van der Waals surface area contributed by atoms with Crippen LogP contribution in [0.15, 0.2) is 24.3 Å². The van der Waals surface area contributed by atoms with Crippen LogP contribution in [0.4, 0.5) is 10.1 Å². The van der Waals surface area contributed by atoms with Crippen LogP contribution in [0, 0.1) is 11.7 Å². The maximum atomic E-state index is 12.6. The highest BCUT2D eigenvalue weighted by atomic mass is 19.1. The molecule has 0 bridgehead atoms. The molecule has 2 N–H and O–H groups in total. The van der Waals surface area contributed by atoms with Crippen molar-refractivity contribution in [2.24, 2.45) is 5.92 Å². The van der Waals surface area contributed by atoms with Crippen molar-refractivity contribution in [3.05, 3.63) is 30.1 Å². The van der Waals surface area contributed by atoms with Crippen LogP contribution in [0.5, 0.6) is 0 Å². The van der Waals surface area contributed by atoms with Crippen molar-refractivity contribution < 1.29 is 9.18 Å². The summed E-state index contributed by atoms with van der Waals surface area (Å²) in [6.07, 6.45) is 1.91. The number of benzene rings is 1. The minimum Gasteiger partial charge on any atom is -0.385 e. The first-order valence-corrected chi connectivity index (χ1v) is 6.36. The van der Waals surface area contributed by atoms with Gasteiger partial charge in [-0.2, -0.15) is 0 Å². The van der Waals surface area contributed by atoms with E-state index in [9.17, 15) is 9.18 Å². The number of rotatable bonds is 7. The van der Waals surface area contributed by atoms with E-state index in [0.29, 0.717) is 6.54 Å². The van der Waals surface area contributed by atoms with Crippen molar-refractivity contribution in [3.63, 3.8) is 0 Å².